The lowest BCUT2D eigenvalue weighted by Gasteiger charge is -2.32. The monoisotopic (exact) mass is 453 g/mol. The number of likely N-dealkylation sites (N-methyl/N-ethyl adjacent to an activating group) is 1. The van der Waals surface area contributed by atoms with E-state index in [4.69, 9.17) is 26.0 Å². The van der Waals surface area contributed by atoms with Crippen LogP contribution < -0.4 is 20.1 Å². The van der Waals surface area contributed by atoms with Gasteiger partial charge in [-0.25, -0.2) is 4.79 Å². The summed E-state index contributed by atoms with van der Waals surface area (Å²) < 4.78 is 11.5. The van der Waals surface area contributed by atoms with Crippen molar-refractivity contribution in [2.45, 2.75) is 31.9 Å². The fraction of sp³-hybridized carbons (Fsp3) is 0.375. The quantitative estimate of drug-likeness (QED) is 0.208. The van der Waals surface area contributed by atoms with Gasteiger partial charge in [0.2, 0.25) is 0 Å². The van der Waals surface area contributed by atoms with Crippen molar-refractivity contribution in [2.24, 2.45) is 5.73 Å². The number of hydrogen-bond donors (Lipinski definition) is 4. The smallest absolute Gasteiger partial charge is 0.336 e. The lowest BCUT2D eigenvalue weighted by atomic mass is 10.1. The molecule has 0 bridgehead atoms. The van der Waals surface area contributed by atoms with Gasteiger partial charge >= 0.3 is 5.97 Å². The summed E-state index contributed by atoms with van der Waals surface area (Å²) in [5.41, 5.74) is 6.70. The van der Waals surface area contributed by atoms with Crippen LogP contribution in [0, 0.1) is 10.8 Å². The summed E-state index contributed by atoms with van der Waals surface area (Å²) >= 11 is 0. The van der Waals surface area contributed by atoms with Crippen molar-refractivity contribution in [3.63, 3.8) is 0 Å². The van der Waals surface area contributed by atoms with Crippen LogP contribution in [0.25, 0.3) is 0 Å². The van der Waals surface area contributed by atoms with Crippen molar-refractivity contribution in [3.8, 4) is 11.5 Å². The Labute approximate surface area is 193 Å². The minimum absolute atomic E-state index is 0.0777. The number of hydrogen-bond acceptors (Lipinski definition) is 7. The second-order valence-electron chi connectivity index (χ2n) is 8.06. The molecule has 33 heavy (non-hydrogen) atoms. The lowest BCUT2D eigenvalue weighted by molar-refractivity contribution is -0.136. The number of likely N-dealkylation sites (tertiary alicyclic amines) is 1. The van der Waals surface area contributed by atoms with Crippen LogP contribution in [0.2, 0.25) is 0 Å². The van der Waals surface area contributed by atoms with E-state index in [1.54, 1.807) is 67.4 Å². The molecule has 1 atom stereocenters. The van der Waals surface area contributed by atoms with Crippen LogP contribution in [0.1, 0.15) is 25.3 Å². The van der Waals surface area contributed by atoms with E-state index in [2.05, 4.69) is 0 Å². The first-order chi connectivity index (χ1) is 15.8. The minimum Gasteiger partial charge on any atom is -0.490 e. The Kier molecular flexibility index (Phi) is 7.89. The van der Waals surface area contributed by atoms with Crippen LogP contribution >= 0.6 is 0 Å². The van der Waals surface area contributed by atoms with Crippen LogP contribution in [0.5, 0.6) is 11.5 Å². The number of carbonyl (C=O) groups is 1. The zero-order valence-corrected chi connectivity index (χ0v) is 19.0. The number of nitrogens with zero attached hydrogens (tertiary/aromatic N) is 2. The van der Waals surface area contributed by atoms with Crippen molar-refractivity contribution >= 4 is 23.3 Å². The maximum atomic E-state index is 12.7. The summed E-state index contributed by atoms with van der Waals surface area (Å²) in [7, 11) is 1.67. The Hall–Kier alpha value is -3.59. The molecule has 0 radical (unpaired) electrons. The number of nitrogens with one attached hydrogen (secondary N) is 2. The summed E-state index contributed by atoms with van der Waals surface area (Å²) in [5.74, 6) is 0.947. The van der Waals surface area contributed by atoms with E-state index in [1.165, 1.54) is 0 Å². The first-order valence-electron chi connectivity index (χ1n) is 10.8. The average molecular weight is 454 g/mol. The van der Waals surface area contributed by atoms with E-state index >= 15 is 0 Å². The second-order valence-corrected chi connectivity index (χ2v) is 8.06. The standard InChI is InChI=1S/C24H31N5O4/c1-16(25)29-12-10-21(11-13-29)32-19-6-8-20(9-7-19)33-24(31)22(15-30)28(2)18-5-3-4-17(14-18)23(26)27/h3-9,14,21-22,25,30H,10-13,15H2,1-2H3,(H3,26,27)/t22-/m0/s1. The number of piperidine rings is 1. The fourth-order valence-electron chi connectivity index (χ4n) is 3.70. The van der Waals surface area contributed by atoms with Gasteiger partial charge in [-0.1, -0.05) is 12.1 Å². The molecule has 1 aliphatic rings. The molecule has 2 aromatic rings. The predicted molar refractivity (Wildman–Crippen MR) is 127 cm³/mol. The summed E-state index contributed by atoms with van der Waals surface area (Å²) in [4.78, 5) is 16.3. The van der Waals surface area contributed by atoms with Crippen LogP contribution in [0.4, 0.5) is 5.69 Å². The molecule has 5 N–H and O–H groups in total. The molecule has 176 valence electrons. The van der Waals surface area contributed by atoms with Gasteiger partial charge in [0, 0.05) is 44.2 Å². The Bertz CT molecular complexity index is 987. The van der Waals surface area contributed by atoms with Crippen LogP contribution in [-0.2, 0) is 4.79 Å². The fourth-order valence-corrected chi connectivity index (χ4v) is 3.70. The molecule has 0 unspecified atom stereocenters. The van der Waals surface area contributed by atoms with Crippen LogP contribution in [0.3, 0.4) is 0 Å². The van der Waals surface area contributed by atoms with E-state index in [0.717, 1.165) is 25.9 Å². The number of nitrogens with two attached hydrogens (primary N) is 1. The van der Waals surface area contributed by atoms with Crippen molar-refractivity contribution in [1.29, 1.82) is 10.8 Å². The molecule has 1 fully saturated rings. The summed E-state index contributed by atoms with van der Waals surface area (Å²) in [6, 6.07) is 12.8. The number of aliphatic hydroxyl groups is 1. The van der Waals surface area contributed by atoms with E-state index in [-0.39, 0.29) is 11.9 Å². The van der Waals surface area contributed by atoms with Gasteiger partial charge < -0.3 is 30.1 Å². The first kappa shape index (κ1) is 24.1. The van der Waals surface area contributed by atoms with E-state index in [9.17, 15) is 9.90 Å². The van der Waals surface area contributed by atoms with E-state index in [0.29, 0.717) is 28.6 Å². The number of rotatable bonds is 8. The number of anilines is 1. The summed E-state index contributed by atoms with van der Waals surface area (Å²) in [6.07, 6.45) is 1.79. The molecule has 9 heteroatoms. The minimum atomic E-state index is -0.925. The van der Waals surface area contributed by atoms with E-state index < -0.39 is 18.6 Å². The van der Waals surface area contributed by atoms with Crippen molar-refractivity contribution in [2.75, 3.05) is 31.6 Å². The number of ether oxygens (including phenoxy) is 2. The highest BCUT2D eigenvalue weighted by atomic mass is 16.5. The molecule has 0 amide bonds. The number of benzene rings is 2. The number of carbonyl (C=O) groups excluding carboxylic acids is 1. The lowest BCUT2D eigenvalue weighted by Crippen LogP contribution is -2.44. The number of amidine groups is 2. The Morgan fingerprint density at radius 3 is 2.39 bits per heavy atom. The van der Waals surface area contributed by atoms with Gasteiger partial charge in [0.15, 0.2) is 6.04 Å². The highest BCUT2D eigenvalue weighted by Crippen LogP contribution is 2.23. The third kappa shape index (κ3) is 6.23. The zero-order valence-electron chi connectivity index (χ0n) is 19.0. The molecule has 1 aliphatic heterocycles. The third-order valence-corrected chi connectivity index (χ3v) is 5.74. The molecular formula is C24H31N5O4. The predicted octanol–water partition coefficient (Wildman–Crippen LogP) is 2.21. The second kappa shape index (κ2) is 10.8. The molecule has 0 saturated carbocycles. The van der Waals surface area contributed by atoms with Crippen molar-refractivity contribution in [3.05, 3.63) is 54.1 Å². The van der Waals surface area contributed by atoms with Crippen molar-refractivity contribution in [1.82, 2.24) is 4.90 Å². The number of esters is 1. The van der Waals surface area contributed by atoms with Gasteiger partial charge in [0.05, 0.1) is 12.4 Å². The van der Waals surface area contributed by atoms with Crippen LogP contribution in [-0.4, -0.2) is 66.5 Å². The molecule has 1 saturated heterocycles. The number of aliphatic hydroxyl groups excluding tert-OH is 1. The molecular weight excluding hydrogens is 422 g/mol. The largest absolute Gasteiger partial charge is 0.490 e. The Morgan fingerprint density at radius 2 is 1.82 bits per heavy atom. The third-order valence-electron chi connectivity index (χ3n) is 5.74. The Balaban J connectivity index is 1.58. The van der Waals surface area contributed by atoms with Crippen LogP contribution in [0.15, 0.2) is 48.5 Å². The number of nitrogen functional groups attached to an aromatic ring is 1. The average Bonchev–Trinajstić information content (AvgIpc) is 2.81. The first-order valence-corrected chi connectivity index (χ1v) is 10.8. The normalized spacial score (nSPS) is 14.9. The van der Waals surface area contributed by atoms with Gasteiger partial charge in [0.1, 0.15) is 23.4 Å². The van der Waals surface area contributed by atoms with Gasteiger partial charge in [-0.2, -0.15) is 0 Å². The molecule has 0 aromatic heterocycles. The summed E-state index contributed by atoms with van der Waals surface area (Å²) in [6.45, 7) is 2.97. The van der Waals surface area contributed by atoms with Crippen molar-refractivity contribution < 1.29 is 19.4 Å². The van der Waals surface area contributed by atoms with Gasteiger partial charge in [0.25, 0.3) is 0 Å². The Morgan fingerprint density at radius 1 is 1.18 bits per heavy atom. The molecule has 0 spiro atoms. The van der Waals surface area contributed by atoms with Gasteiger partial charge in [-0.15, -0.1) is 0 Å². The van der Waals surface area contributed by atoms with Gasteiger partial charge in [-0.05, 0) is 43.3 Å². The molecule has 1 heterocycles. The highest BCUT2D eigenvalue weighted by Gasteiger charge is 2.26. The molecule has 0 aliphatic carbocycles. The topological polar surface area (TPSA) is 136 Å². The van der Waals surface area contributed by atoms with Gasteiger partial charge in [-0.3, -0.25) is 10.8 Å². The van der Waals surface area contributed by atoms with E-state index in [1.807, 2.05) is 4.90 Å². The zero-order chi connectivity index (χ0) is 24.0. The maximum absolute atomic E-state index is 12.7. The highest BCUT2D eigenvalue weighted by molar-refractivity contribution is 5.96. The molecule has 9 nitrogen and oxygen atoms in total. The maximum Gasteiger partial charge on any atom is 0.336 e. The summed E-state index contributed by atoms with van der Waals surface area (Å²) in [5, 5.41) is 25.1. The molecule has 3 rings (SSSR count). The molecule has 2 aromatic carbocycles. The SMILES string of the molecule is CC(=N)N1CCC(Oc2ccc(OC(=O)[C@H](CO)N(C)c3cccc(C(=N)N)c3)cc2)CC1.